The molecule has 0 saturated heterocycles. The predicted octanol–water partition coefficient (Wildman–Crippen LogP) is 2.03. The summed E-state index contributed by atoms with van der Waals surface area (Å²) in [5.41, 5.74) is 0.980. The summed E-state index contributed by atoms with van der Waals surface area (Å²) in [7, 11) is 4.06. The third-order valence-corrected chi connectivity index (χ3v) is 3.49. The lowest BCUT2D eigenvalue weighted by molar-refractivity contribution is -0.121. The van der Waals surface area contributed by atoms with Gasteiger partial charge >= 0.3 is 0 Å². The van der Waals surface area contributed by atoms with E-state index in [2.05, 4.69) is 24.1 Å². The average Bonchev–Trinajstić information content (AvgIpc) is 2.35. The number of rotatable bonds is 7. The molecule has 4 heteroatoms. The molecule has 0 bridgehead atoms. The maximum absolute atomic E-state index is 11.9. The van der Waals surface area contributed by atoms with E-state index in [1.165, 1.54) is 0 Å². The third kappa shape index (κ3) is 5.61. The van der Waals surface area contributed by atoms with Crippen LogP contribution in [-0.2, 0) is 11.2 Å². The summed E-state index contributed by atoms with van der Waals surface area (Å²) in [6.07, 6.45) is 1.09. The van der Waals surface area contributed by atoms with E-state index in [4.69, 9.17) is 0 Å². The first kappa shape index (κ1) is 16.5. The van der Waals surface area contributed by atoms with Gasteiger partial charge in [0, 0.05) is 19.0 Å². The topological polar surface area (TPSA) is 52.6 Å². The molecule has 20 heavy (non-hydrogen) atoms. The SMILES string of the molecule is CC(C)[C@@H](CNC(=O)CCc1cccc(O)c1)N(C)C. The number of benzene rings is 1. The molecule has 1 aromatic rings. The summed E-state index contributed by atoms with van der Waals surface area (Å²) >= 11 is 0. The van der Waals surface area contributed by atoms with Gasteiger partial charge in [-0.05, 0) is 44.1 Å². The van der Waals surface area contributed by atoms with Crippen molar-refractivity contribution >= 4 is 5.91 Å². The van der Waals surface area contributed by atoms with Crippen molar-refractivity contribution in [2.45, 2.75) is 32.7 Å². The van der Waals surface area contributed by atoms with Crippen LogP contribution in [0.5, 0.6) is 5.75 Å². The number of nitrogens with one attached hydrogen (secondary N) is 1. The van der Waals surface area contributed by atoms with Crippen molar-refractivity contribution in [2.24, 2.45) is 5.92 Å². The normalized spacial score (nSPS) is 12.7. The number of aromatic hydroxyl groups is 1. The number of amides is 1. The fourth-order valence-corrected chi connectivity index (χ4v) is 2.29. The zero-order valence-corrected chi connectivity index (χ0v) is 12.9. The second kappa shape index (κ2) is 7.90. The van der Waals surface area contributed by atoms with E-state index < -0.39 is 0 Å². The van der Waals surface area contributed by atoms with Crippen molar-refractivity contribution in [3.63, 3.8) is 0 Å². The molecule has 0 aromatic heterocycles. The lowest BCUT2D eigenvalue weighted by Crippen LogP contribution is -2.43. The Morgan fingerprint density at radius 1 is 1.35 bits per heavy atom. The lowest BCUT2D eigenvalue weighted by atomic mass is 10.0. The van der Waals surface area contributed by atoms with E-state index in [-0.39, 0.29) is 11.7 Å². The monoisotopic (exact) mass is 278 g/mol. The fourth-order valence-electron chi connectivity index (χ4n) is 2.29. The molecule has 0 aliphatic rings. The minimum atomic E-state index is 0.0563. The molecule has 0 heterocycles. The highest BCUT2D eigenvalue weighted by Gasteiger charge is 2.16. The molecule has 1 rings (SSSR count). The van der Waals surface area contributed by atoms with Crippen molar-refractivity contribution in [3.8, 4) is 5.75 Å². The van der Waals surface area contributed by atoms with Crippen LogP contribution in [0.25, 0.3) is 0 Å². The fraction of sp³-hybridized carbons (Fsp3) is 0.562. The zero-order chi connectivity index (χ0) is 15.1. The van der Waals surface area contributed by atoms with Gasteiger partial charge in [0.05, 0.1) is 0 Å². The Bertz CT molecular complexity index is 422. The largest absolute Gasteiger partial charge is 0.508 e. The van der Waals surface area contributed by atoms with E-state index in [1.807, 2.05) is 20.2 Å². The molecule has 0 radical (unpaired) electrons. The number of nitrogens with zero attached hydrogens (tertiary/aromatic N) is 1. The molecule has 0 aliphatic carbocycles. The molecule has 0 unspecified atom stereocenters. The maximum atomic E-state index is 11.9. The van der Waals surface area contributed by atoms with Gasteiger partial charge in [-0.15, -0.1) is 0 Å². The molecule has 0 fully saturated rings. The van der Waals surface area contributed by atoms with Crippen LogP contribution in [0.2, 0.25) is 0 Å². The first-order chi connectivity index (χ1) is 9.40. The van der Waals surface area contributed by atoms with E-state index >= 15 is 0 Å². The van der Waals surface area contributed by atoms with Crippen LogP contribution in [-0.4, -0.2) is 42.6 Å². The maximum Gasteiger partial charge on any atom is 0.220 e. The molecule has 4 nitrogen and oxygen atoms in total. The van der Waals surface area contributed by atoms with Gasteiger partial charge in [0.2, 0.25) is 5.91 Å². The second-order valence-corrected chi connectivity index (χ2v) is 5.75. The molecule has 0 saturated carbocycles. The lowest BCUT2D eigenvalue weighted by Gasteiger charge is -2.28. The number of hydrogen-bond acceptors (Lipinski definition) is 3. The summed E-state index contributed by atoms with van der Waals surface area (Å²) in [6.45, 7) is 4.98. The Kier molecular flexibility index (Phi) is 6.52. The van der Waals surface area contributed by atoms with Crippen molar-refractivity contribution in [1.29, 1.82) is 0 Å². The summed E-state index contributed by atoms with van der Waals surface area (Å²) in [4.78, 5) is 14.0. The van der Waals surface area contributed by atoms with Crippen molar-refractivity contribution in [3.05, 3.63) is 29.8 Å². The van der Waals surface area contributed by atoms with E-state index in [1.54, 1.807) is 18.2 Å². The molecule has 2 N–H and O–H groups in total. The van der Waals surface area contributed by atoms with Gasteiger partial charge in [-0.25, -0.2) is 0 Å². The summed E-state index contributed by atoms with van der Waals surface area (Å²) in [5.74, 6) is 0.799. The van der Waals surface area contributed by atoms with Gasteiger partial charge in [0.1, 0.15) is 5.75 Å². The van der Waals surface area contributed by atoms with E-state index in [0.29, 0.717) is 31.3 Å². The van der Waals surface area contributed by atoms with Crippen LogP contribution in [0.4, 0.5) is 0 Å². The summed E-state index contributed by atoms with van der Waals surface area (Å²) < 4.78 is 0. The van der Waals surface area contributed by atoms with Crippen LogP contribution < -0.4 is 5.32 Å². The van der Waals surface area contributed by atoms with Crippen molar-refractivity contribution in [2.75, 3.05) is 20.6 Å². The Hall–Kier alpha value is -1.55. The van der Waals surface area contributed by atoms with Gasteiger partial charge in [0.25, 0.3) is 0 Å². The highest BCUT2D eigenvalue weighted by atomic mass is 16.3. The summed E-state index contributed by atoms with van der Waals surface area (Å²) in [5, 5.41) is 12.4. The molecule has 1 aromatic carbocycles. The van der Waals surface area contributed by atoms with Gasteiger partial charge in [-0.1, -0.05) is 26.0 Å². The Morgan fingerprint density at radius 2 is 2.05 bits per heavy atom. The standard InChI is InChI=1S/C16H26N2O2/c1-12(2)15(18(3)4)11-17-16(20)9-8-13-6-5-7-14(19)10-13/h5-7,10,12,15,19H,8-9,11H2,1-4H3,(H,17,20)/t15-/m1/s1. The molecule has 112 valence electrons. The van der Waals surface area contributed by atoms with Gasteiger partial charge in [0.15, 0.2) is 0 Å². The Labute approximate surface area is 121 Å². The van der Waals surface area contributed by atoms with Crippen LogP contribution >= 0.6 is 0 Å². The average molecular weight is 278 g/mol. The van der Waals surface area contributed by atoms with E-state index in [9.17, 15) is 9.90 Å². The number of phenolic OH excluding ortho intramolecular Hbond substituents is 1. The molecule has 0 aliphatic heterocycles. The van der Waals surface area contributed by atoms with Crippen molar-refractivity contribution in [1.82, 2.24) is 10.2 Å². The van der Waals surface area contributed by atoms with E-state index in [0.717, 1.165) is 5.56 Å². The minimum Gasteiger partial charge on any atom is -0.508 e. The third-order valence-electron chi connectivity index (χ3n) is 3.49. The predicted molar refractivity (Wildman–Crippen MR) is 81.8 cm³/mol. The van der Waals surface area contributed by atoms with Crippen LogP contribution in [0, 0.1) is 5.92 Å². The molecule has 1 amide bonds. The van der Waals surface area contributed by atoms with Gasteiger partial charge in [-0.3, -0.25) is 4.79 Å². The number of phenols is 1. The first-order valence-corrected chi connectivity index (χ1v) is 7.11. The number of carbonyl (C=O) groups excluding carboxylic acids is 1. The van der Waals surface area contributed by atoms with Gasteiger partial charge in [-0.2, -0.15) is 0 Å². The number of carbonyl (C=O) groups is 1. The van der Waals surface area contributed by atoms with Crippen LogP contribution in [0.3, 0.4) is 0 Å². The highest BCUT2D eigenvalue weighted by Crippen LogP contribution is 2.12. The molecule has 0 spiro atoms. The Balaban J connectivity index is 2.37. The van der Waals surface area contributed by atoms with Crippen molar-refractivity contribution < 1.29 is 9.90 Å². The van der Waals surface area contributed by atoms with Gasteiger partial charge < -0.3 is 15.3 Å². The van der Waals surface area contributed by atoms with Crippen LogP contribution in [0.1, 0.15) is 25.8 Å². The second-order valence-electron chi connectivity index (χ2n) is 5.75. The number of hydrogen-bond donors (Lipinski definition) is 2. The number of aryl methyl sites for hydroxylation is 1. The minimum absolute atomic E-state index is 0.0563. The first-order valence-electron chi connectivity index (χ1n) is 7.11. The Morgan fingerprint density at radius 3 is 2.60 bits per heavy atom. The molecule has 1 atom stereocenters. The zero-order valence-electron chi connectivity index (χ0n) is 12.9. The van der Waals surface area contributed by atoms with Crippen LogP contribution in [0.15, 0.2) is 24.3 Å². The number of likely N-dealkylation sites (N-methyl/N-ethyl adjacent to an activating group) is 1. The quantitative estimate of drug-likeness (QED) is 0.802. The smallest absolute Gasteiger partial charge is 0.220 e. The molecular formula is C16H26N2O2. The summed E-state index contributed by atoms with van der Waals surface area (Å²) in [6, 6.07) is 7.39. The molecular weight excluding hydrogens is 252 g/mol. The highest BCUT2D eigenvalue weighted by molar-refractivity contribution is 5.76.